The number of pyridine rings is 1. The molecule has 0 bridgehead atoms. The van der Waals surface area contributed by atoms with Gasteiger partial charge in [0.25, 0.3) is 0 Å². The summed E-state index contributed by atoms with van der Waals surface area (Å²) in [5.74, 6) is 0.763. The summed E-state index contributed by atoms with van der Waals surface area (Å²) in [6.07, 6.45) is 0. The summed E-state index contributed by atoms with van der Waals surface area (Å²) in [6, 6.07) is 9.74. The van der Waals surface area contributed by atoms with E-state index >= 15 is 0 Å². The third-order valence-corrected chi connectivity index (χ3v) is 3.84. The molecule has 0 aliphatic rings. The van der Waals surface area contributed by atoms with Crippen LogP contribution in [0.25, 0.3) is 21.1 Å². The molecule has 3 aromatic rings. The molecular formula is C13H9N3OS. The first kappa shape index (κ1) is 10.8. The number of nitrogens with zero attached hydrogens (tertiary/aromatic N) is 2. The van der Waals surface area contributed by atoms with Crippen LogP contribution in [0, 0.1) is 11.3 Å². The zero-order chi connectivity index (χ0) is 12.7. The Hall–Kier alpha value is -2.32. The number of nitrogen functional groups attached to an aromatic ring is 1. The molecule has 4 nitrogen and oxygen atoms in total. The van der Waals surface area contributed by atoms with Crippen molar-refractivity contribution in [2.75, 3.05) is 12.8 Å². The van der Waals surface area contributed by atoms with Gasteiger partial charge in [-0.2, -0.15) is 5.26 Å². The summed E-state index contributed by atoms with van der Waals surface area (Å²) in [5, 5.41) is 10.8. The summed E-state index contributed by atoms with van der Waals surface area (Å²) in [7, 11) is 1.62. The standard InChI is InChI=1S/C13H9N3OS/c1-17-8-3-2-7-4-9-12(15)11(6-14)18-13(9)16-10(7)5-8/h2-5H,15H2,1H3. The van der Waals surface area contributed by atoms with E-state index in [2.05, 4.69) is 11.1 Å². The van der Waals surface area contributed by atoms with E-state index in [0.717, 1.165) is 26.9 Å². The lowest BCUT2D eigenvalue weighted by atomic mass is 10.1. The molecule has 88 valence electrons. The summed E-state index contributed by atoms with van der Waals surface area (Å²) >= 11 is 1.31. The summed E-state index contributed by atoms with van der Waals surface area (Å²) in [6.45, 7) is 0. The predicted molar refractivity (Wildman–Crippen MR) is 72.8 cm³/mol. The molecule has 0 spiro atoms. The van der Waals surface area contributed by atoms with Gasteiger partial charge in [0, 0.05) is 16.8 Å². The molecular weight excluding hydrogens is 246 g/mol. The second kappa shape index (κ2) is 3.86. The molecule has 3 rings (SSSR count). The van der Waals surface area contributed by atoms with Gasteiger partial charge in [0.05, 0.1) is 18.3 Å². The van der Waals surface area contributed by atoms with E-state index in [0.29, 0.717) is 10.6 Å². The lowest BCUT2D eigenvalue weighted by Gasteiger charge is -2.02. The van der Waals surface area contributed by atoms with Crippen molar-refractivity contribution in [2.24, 2.45) is 0 Å². The van der Waals surface area contributed by atoms with Crippen LogP contribution in [-0.4, -0.2) is 12.1 Å². The van der Waals surface area contributed by atoms with Crippen molar-refractivity contribution in [1.82, 2.24) is 4.98 Å². The number of nitriles is 1. The van der Waals surface area contributed by atoms with Crippen LogP contribution in [0.15, 0.2) is 24.3 Å². The maximum Gasteiger partial charge on any atom is 0.130 e. The zero-order valence-electron chi connectivity index (χ0n) is 9.60. The van der Waals surface area contributed by atoms with E-state index in [-0.39, 0.29) is 0 Å². The van der Waals surface area contributed by atoms with Crippen molar-refractivity contribution in [1.29, 1.82) is 5.26 Å². The van der Waals surface area contributed by atoms with Crippen LogP contribution in [0.4, 0.5) is 5.69 Å². The van der Waals surface area contributed by atoms with Gasteiger partial charge in [-0.15, -0.1) is 11.3 Å². The highest BCUT2D eigenvalue weighted by atomic mass is 32.1. The first-order valence-electron chi connectivity index (χ1n) is 5.30. The molecule has 2 heterocycles. The molecule has 18 heavy (non-hydrogen) atoms. The van der Waals surface area contributed by atoms with Crippen LogP contribution < -0.4 is 10.5 Å². The van der Waals surface area contributed by atoms with Gasteiger partial charge in [-0.1, -0.05) is 0 Å². The van der Waals surface area contributed by atoms with Gasteiger partial charge in [0.15, 0.2) is 0 Å². The molecule has 0 fully saturated rings. The van der Waals surface area contributed by atoms with Crippen LogP contribution in [0.2, 0.25) is 0 Å². The Morgan fingerprint density at radius 1 is 1.39 bits per heavy atom. The Balaban J connectivity index is 2.38. The first-order valence-corrected chi connectivity index (χ1v) is 6.11. The fourth-order valence-electron chi connectivity index (χ4n) is 1.88. The van der Waals surface area contributed by atoms with Gasteiger partial charge in [-0.05, 0) is 18.2 Å². The van der Waals surface area contributed by atoms with Crippen molar-refractivity contribution < 1.29 is 4.74 Å². The Morgan fingerprint density at radius 2 is 2.22 bits per heavy atom. The summed E-state index contributed by atoms with van der Waals surface area (Å²) < 4.78 is 5.17. The Bertz CT molecular complexity index is 801. The van der Waals surface area contributed by atoms with Crippen LogP contribution in [-0.2, 0) is 0 Å². The van der Waals surface area contributed by atoms with Gasteiger partial charge < -0.3 is 10.5 Å². The minimum absolute atomic E-state index is 0.514. The van der Waals surface area contributed by atoms with E-state index < -0.39 is 0 Å². The molecule has 2 N–H and O–H groups in total. The number of rotatable bonds is 1. The molecule has 0 unspecified atom stereocenters. The van der Waals surface area contributed by atoms with Crippen molar-refractivity contribution in [2.45, 2.75) is 0 Å². The quantitative estimate of drug-likeness (QED) is 0.725. The molecule has 2 aromatic heterocycles. The number of thiophene rings is 1. The largest absolute Gasteiger partial charge is 0.497 e. The van der Waals surface area contributed by atoms with Crippen molar-refractivity contribution in [3.05, 3.63) is 29.1 Å². The van der Waals surface area contributed by atoms with Crippen molar-refractivity contribution >= 4 is 38.1 Å². The van der Waals surface area contributed by atoms with Gasteiger partial charge in [-0.25, -0.2) is 4.98 Å². The fraction of sp³-hybridized carbons (Fsp3) is 0.0769. The zero-order valence-corrected chi connectivity index (χ0v) is 10.4. The number of aromatic nitrogens is 1. The number of anilines is 1. The lowest BCUT2D eigenvalue weighted by molar-refractivity contribution is 0.415. The van der Waals surface area contributed by atoms with E-state index in [4.69, 9.17) is 15.7 Å². The minimum atomic E-state index is 0.514. The number of benzene rings is 1. The highest BCUT2D eigenvalue weighted by Crippen LogP contribution is 2.34. The minimum Gasteiger partial charge on any atom is -0.497 e. The van der Waals surface area contributed by atoms with Crippen LogP contribution >= 0.6 is 11.3 Å². The molecule has 0 saturated heterocycles. The molecule has 0 atom stereocenters. The molecule has 5 heteroatoms. The molecule has 0 radical (unpaired) electrons. The van der Waals surface area contributed by atoms with E-state index in [1.165, 1.54) is 11.3 Å². The second-order valence-corrected chi connectivity index (χ2v) is 4.86. The normalized spacial score (nSPS) is 10.7. The highest BCUT2D eigenvalue weighted by molar-refractivity contribution is 7.19. The molecule has 0 aliphatic heterocycles. The van der Waals surface area contributed by atoms with Gasteiger partial charge in [-0.3, -0.25) is 0 Å². The third-order valence-electron chi connectivity index (χ3n) is 2.82. The monoisotopic (exact) mass is 255 g/mol. The smallest absolute Gasteiger partial charge is 0.130 e. The Kier molecular flexibility index (Phi) is 2.32. The predicted octanol–water partition coefficient (Wildman–Crippen LogP) is 2.91. The molecule has 1 aromatic carbocycles. The van der Waals surface area contributed by atoms with E-state index in [1.807, 2.05) is 24.3 Å². The maximum absolute atomic E-state index is 8.97. The van der Waals surface area contributed by atoms with E-state index in [1.54, 1.807) is 7.11 Å². The van der Waals surface area contributed by atoms with E-state index in [9.17, 15) is 0 Å². The van der Waals surface area contributed by atoms with Crippen molar-refractivity contribution in [3.63, 3.8) is 0 Å². The number of hydrogen-bond donors (Lipinski definition) is 1. The fourth-order valence-corrected chi connectivity index (χ4v) is 2.77. The van der Waals surface area contributed by atoms with Crippen LogP contribution in [0.5, 0.6) is 5.75 Å². The molecule has 0 saturated carbocycles. The summed E-state index contributed by atoms with van der Waals surface area (Å²) in [4.78, 5) is 5.82. The average Bonchev–Trinajstić information content (AvgIpc) is 2.72. The van der Waals surface area contributed by atoms with Crippen LogP contribution in [0.3, 0.4) is 0 Å². The third kappa shape index (κ3) is 1.47. The van der Waals surface area contributed by atoms with Crippen molar-refractivity contribution in [3.8, 4) is 11.8 Å². The second-order valence-electron chi connectivity index (χ2n) is 3.86. The van der Waals surface area contributed by atoms with Gasteiger partial charge in [0.2, 0.25) is 0 Å². The first-order chi connectivity index (χ1) is 8.72. The maximum atomic E-state index is 8.97. The molecule has 0 aliphatic carbocycles. The summed E-state index contributed by atoms with van der Waals surface area (Å²) in [5.41, 5.74) is 7.28. The van der Waals surface area contributed by atoms with Gasteiger partial charge >= 0.3 is 0 Å². The molecule has 0 amide bonds. The van der Waals surface area contributed by atoms with Crippen LogP contribution in [0.1, 0.15) is 4.88 Å². The van der Waals surface area contributed by atoms with Gasteiger partial charge in [0.1, 0.15) is 21.5 Å². The lowest BCUT2D eigenvalue weighted by Crippen LogP contribution is -1.87. The number of ether oxygens (including phenoxy) is 1. The number of hydrogen-bond acceptors (Lipinski definition) is 5. The average molecular weight is 255 g/mol. The number of methoxy groups -OCH3 is 1. The Labute approximate surface area is 107 Å². The topological polar surface area (TPSA) is 71.9 Å². The SMILES string of the molecule is COc1ccc2cc3c(N)c(C#N)sc3nc2c1. The Morgan fingerprint density at radius 3 is 2.94 bits per heavy atom. The number of fused-ring (bicyclic) bond motifs is 2. The number of nitrogens with two attached hydrogens (primary N) is 1. The highest BCUT2D eigenvalue weighted by Gasteiger charge is 2.11.